The summed E-state index contributed by atoms with van der Waals surface area (Å²) in [5.41, 5.74) is 6.62. The van der Waals surface area contributed by atoms with Crippen molar-refractivity contribution in [2.75, 3.05) is 0 Å². The molecule has 114 valence electrons. The van der Waals surface area contributed by atoms with Crippen LogP contribution in [0.25, 0.3) is 0 Å². The van der Waals surface area contributed by atoms with Crippen LogP contribution in [0.15, 0.2) is 18.3 Å². The second-order valence-electron chi connectivity index (χ2n) is 4.35. The molecule has 0 aromatic carbocycles. The van der Waals surface area contributed by atoms with Crippen LogP contribution in [0.5, 0.6) is 0 Å². The molecule has 0 aliphatic carbocycles. The molecule has 0 saturated carbocycles. The van der Waals surface area contributed by atoms with E-state index < -0.39 is 30.4 Å². The lowest BCUT2D eigenvalue weighted by atomic mass is 10.1. The third-order valence-electron chi connectivity index (χ3n) is 2.79. The molecule has 0 aliphatic heterocycles. The second kappa shape index (κ2) is 7.83. The van der Waals surface area contributed by atoms with E-state index in [0.29, 0.717) is 5.69 Å². The van der Waals surface area contributed by atoms with Gasteiger partial charge < -0.3 is 21.5 Å². The van der Waals surface area contributed by atoms with Crippen LogP contribution >= 0.6 is 0 Å². The molecule has 8 heteroatoms. The quantitative estimate of drug-likeness (QED) is 0.551. The summed E-state index contributed by atoms with van der Waals surface area (Å²) >= 11 is 0. The largest absolute Gasteiger partial charge is 0.480 e. The van der Waals surface area contributed by atoms with E-state index >= 15 is 0 Å². The summed E-state index contributed by atoms with van der Waals surface area (Å²) in [6.45, 7) is 2.13. The predicted octanol–water partition coefficient (Wildman–Crippen LogP) is -0.228. The molecular formula is C13H18N4O4. The standard InChI is InChI=1S/C13H18N4O4/c1-2-8-4-3-5-15-10(8)7-16-13(21)17-9(12(19)20)6-11(14)18/h3-5,9H,2,6-7H2,1H3,(H2,14,18)(H,19,20)(H2,16,17,21)/t9-/m1/s1. The molecule has 1 aromatic rings. The fourth-order valence-corrected chi connectivity index (χ4v) is 1.73. The number of carbonyl (C=O) groups excluding carboxylic acids is 2. The van der Waals surface area contributed by atoms with Crippen LogP contribution < -0.4 is 16.4 Å². The Bertz CT molecular complexity index is 533. The fourth-order valence-electron chi connectivity index (χ4n) is 1.73. The molecule has 21 heavy (non-hydrogen) atoms. The number of carbonyl (C=O) groups is 3. The molecule has 0 unspecified atom stereocenters. The van der Waals surface area contributed by atoms with Gasteiger partial charge in [-0.3, -0.25) is 9.78 Å². The Kier molecular flexibility index (Phi) is 6.12. The van der Waals surface area contributed by atoms with Gasteiger partial charge in [-0.25, -0.2) is 9.59 Å². The Morgan fingerprint density at radius 2 is 2.14 bits per heavy atom. The molecule has 0 fully saturated rings. The smallest absolute Gasteiger partial charge is 0.326 e. The minimum absolute atomic E-state index is 0.165. The molecular weight excluding hydrogens is 276 g/mol. The average molecular weight is 294 g/mol. The maximum absolute atomic E-state index is 11.6. The van der Waals surface area contributed by atoms with Gasteiger partial charge in [0.2, 0.25) is 5.91 Å². The van der Waals surface area contributed by atoms with Gasteiger partial charge in [0, 0.05) is 6.20 Å². The first-order valence-corrected chi connectivity index (χ1v) is 6.42. The van der Waals surface area contributed by atoms with Crippen LogP contribution in [0, 0.1) is 0 Å². The lowest BCUT2D eigenvalue weighted by molar-refractivity contribution is -0.140. The molecule has 1 rings (SSSR count). The third kappa shape index (κ3) is 5.47. The monoisotopic (exact) mass is 294 g/mol. The van der Waals surface area contributed by atoms with Crippen molar-refractivity contribution in [1.82, 2.24) is 15.6 Å². The van der Waals surface area contributed by atoms with Crippen molar-refractivity contribution >= 4 is 17.9 Å². The molecule has 0 aliphatic rings. The highest BCUT2D eigenvalue weighted by Crippen LogP contribution is 2.05. The van der Waals surface area contributed by atoms with E-state index in [2.05, 4.69) is 15.6 Å². The van der Waals surface area contributed by atoms with Gasteiger partial charge in [0.15, 0.2) is 0 Å². The zero-order valence-corrected chi connectivity index (χ0v) is 11.6. The number of pyridine rings is 1. The SMILES string of the molecule is CCc1cccnc1CNC(=O)N[C@H](CC(N)=O)C(=O)O. The molecule has 1 atom stereocenters. The first-order valence-electron chi connectivity index (χ1n) is 6.42. The highest BCUT2D eigenvalue weighted by atomic mass is 16.4. The fraction of sp³-hybridized carbons (Fsp3) is 0.385. The number of amides is 3. The maximum atomic E-state index is 11.6. The lowest BCUT2D eigenvalue weighted by Gasteiger charge is -2.14. The van der Waals surface area contributed by atoms with Crippen LogP contribution in [0.4, 0.5) is 4.79 Å². The Morgan fingerprint density at radius 1 is 1.43 bits per heavy atom. The van der Waals surface area contributed by atoms with Crippen LogP contribution in [-0.2, 0) is 22.6 Å². The lowest BCUT2D eigenvalue weighted by Crippen LogP contribution is -2.47. The van der Waals surface area contributed by atoms with Gasteiger partial charge in [0.1, 0.15) is 6.04 Å². The van der Waals surface area contributed by atoms with Crippen molar-refractivity contribution in [2.24, 2.45) is 5.73 Å². The molecule has 3 amide bonds. The minimum Gasteiger partial charge on any atom is -0.480 e. The van der Waals surface area contributed by atoms with E-state index in [1.165, 1.54) is 0 Å². The van der Waals surface area contributed by atoms with Crippen LogP contribution in [0.1, 0.15) is 24.6 Å². The second-order valence-corrected chi connectivity index (χ2v) is 4.35. The summed E-state index contributed by atoms with van der Waals surface area (Å²) in [5.74, 6) is -2.13. The van der Waals surface area contributed by atoms with Gasteiger partial charge in [-0.1, -0.05) is 13.0 Å². The van der Waals surface area contributed by atoms with Crippen molar-refractivity contribution in [2.45, 2.75) is 32.4 Å². The van der Waals surface area contributed by atoms with Crippen LogP contribution in [-0.4, -0.2) is 34.0 Å². The first-order chi connectivity index (χ1) is 9.93. The molecule has 0 bridgehead atoms. The molecule has 5 N–H and O–H groups in total. The Morgan fingerprint density at radius 3 is 2.71 bits per heavy atom. The summed E-state index contributed by atoms with van der Waals surface area (Å²) in [6, 6.07) is 1.65. The molecule has 0 spiro atoms. The van der Waals surface area contributed by atoms with E-state index in [-0.39, 0.29) is 6.54 Å². The number of nitrogens with one attached hydrogen (secondary N) is 2. The van der Waals surface area contributed by atoms with Gasteiger partial charge in [0.05, 0.1) is 18.7 Å². The number of rotatable bonds is 7. The predicted molar refractivity (Wildman–Crippen MR) is 74.2 cm³/mol. The number of nitrogens with two attached hydrogens (primary N) is 1. The van der Waals surface area contributed by atoms with E-state index in [9.17, 15) is 14.4 Å². The maximum Gasteiger partial charge on any atom is 0.326 e. The van der Waals surface area contributed by atoms with E-state index in [1.54, 1.807) is 12.3 Å². The zero-order valence-electron chi connectivity index (χ0n) is 11.6. The molecule has 1 aromatic heterocycles. The van der Waals surface area contributed by atoms with Gasteiger partial charge in [0.25, 0.3) is 0 Å². The number of aryl methyl sites for hydroxylation is 1. The number of hydrogen-bond donors (Lipinski definition) is 4. The third-order valence-corrected chi connectivity index (χ3v) is 2.79. The Hall–Kier alpha value is -2.64. The minimum atomic E-state index is -1.35. The van der Waals surface area contributed by atoms with E-state index in [0.717, 1.165) is 12.0 Å². The van der Waals surface area contributed by atoms with Crippen LogP contribution in [0.3, 0.4) is 0 Å². The highest BCUT2D eigenvalue weighted by Gasteiger charge is 2.22. The number of hydrogen-bond acceptors (Lipinski definition) is 4. The number of aliphatic carboxylic acids is 1. The van der Waals surface area contributed by atoms with E-state index in [1.807, 2.05) is 13.0 Å². The highest BCUT2D eigenvalue weighted by molar-refractivity contribution is 5.87. The number of carboxylic acids is 1. The molecule has 0 radical (unpaired) electrons. The summed E-state index contributed by atoms with van der Waals surface area (Å²) in [5, 5.41) is 13.6. The summed E-state index contributed by atoms with van der Waals surface area (Å²) < 4.78 is 0. The van der Waals surface area contributed by atoms with Gasteiger partial charge in [-0.15, -0.1) is 0 Å². The number of carboxylic acid groups (broad SMARTS) is 1. The zero-order chi connectivity index (χ0) is 15.8. The van der Waals surface area contributed by atoms with Gasteiger partial charge in [-0.05, 0) is 18.1 Å². The molecule has 8 nitrogen and oxygen atoms in total. The van der Waals surface area contributed by atoms with Crippen molar-refractivity contribution in [3.63, 3.8) is 0 Å². The van der Waals surface area contributed by atoms with Gasteiger partial charge >= 0.3 is 12.0 Å². The summed E-state index contributed by atoms with van der Waals surface area (Å²) in [6.07, 6.45) is 1.92. The van der Waals surface area contributed by atoms with Crippen LogP contribution in [0.2, 0.25) is 0 Å². The first kappa shape index (κ1) is 16.4. The summed E-state index contributed by atoms with van der Waals surface area (Å²) in [7, 11) is 0. The van der Waals surface area contributed by atoms with E-state index in [4.69, 9.17) is 10.8 Å². The number of urea groups is 1. The number of nitrogens with zero attached hydrogens (tertiary/aromatic N) is 1. The normalized spacial score (nSPS) is 11.5. The van der Waals surface area contributed by atoms with Gasteiger partial charge in [-0.2, -0.15) is 0 Å². The van der Waals surface area contributed by atoms with Crippen molar-refractivity contribution < 1.29 is 19.5 Å². The summed E-state index contributed by atoms with van der Waals surface area (Å²) in [4.78, 5) is 37.4. The number of aromatic nitrogens is 1. The average Bonchev–Trinajstić information content (AvgIpc) is 2.44. The van der Waals surface area contributed by atoms with Crippen molar-refractivity contribution in [3.8, 4) is 0 Å². The number of primary amides is 1. The Labute approximate surface area is 121 Å². The molecule has 0 saturated heterocycles. The van der Waals surface area contributed by atoms with Crippen molar-refractivity contribution in [1.29, 1.82) is 0 Å². The van der Waals surface area contributed by atoms with Crippen molar-refractivity contribution in [3.05, 3.63) is 29.6 Å². The Balaban J connectivity index is 2.56. The topological polar surface area (TPSA) is 134 Å². The molecule has 1 heterocycles.